The molecule has 0 fully saturated rings. The lowest BCUT2D eigenvalue weighted by Gasteiger charge is -2.16. The first-order valence-corrected chi connectivity index (χ1v) is 10.2. The van der Waals surface area contributed by atoms with Gasteiger partial charge in [0.15, 0.2) is 5.96 Å². The van der Waals surface area contributed by atoms with E-state index < -0.39 is 0 Å². The third-order valence-corrected chi connectivity index (χ3v) is 4.92. The van der Waals surface area contributed by atoms with Crippen LogP contribution >= 0.6 is 24.0 Å². The Kier molecular flexibility index (Phi) is 9.83. The summed E-state index contributed by atoms with van der Waals surface area (Å²) in [7, 11) is 3.27. The second-order valence-corrected chi connectivity index (χ2v) is 7.27. The van der Waals surface area contributed by atoms with E-state index in [4.69, 9.17) is 14.2 Å². The van der Waals surface area contributed by atoms with Crippen LogP contribution in [0, 0.1) is 5.82 Å². The van der Waals surface area contributed by atoms with E-state index in [1.807, 2.05) is 13.0 Å². The van der Waals surface area contributed by atoms with Gasteiger partial charge in [-0.3, -0.25) is 4.99 Å². The van der Waals surface area contributed by atoms with Crippen LogP contribution in [-0.4, -0.2) is 32.8 Å². The van der Waals surface area contributed by atoms with Gasteiger partial charge in [-0.2, -0.15) is 0 Å². The highest BCUT2D eigenvalue weighted by atomic mass is 127. The average molecular weight is 543 g/mol. The third-order valence-electron chi connectivity index (χ3n) is 4.92. The topological polar surface area (TPSA) is 64.1 Å². The number of nitrogens with one attached hydrogen (secondary N) is 2. The van der Waals surface area contributed by atoms with Crippen molar-refractivity contribution in [3.63, 3.8) is 0 Å². The van der Waals surface area contributed by atoms with E-state index in [2.05, 4.69) is 28.6 Å². The molecule has 3 rings (SSSR count). The maximum Gasteiger partial charge on any atom is 0.191 e. The van der Waals surface area contributed by atoms with Gasteiger partial charge in [-0.05, 0) is 43.7 Å². The number of benzene rings is 2. The van der Waals surface area contributed by atoms with E-state index in [1.54, 1.807) is 26.3 Å². The smallest absolute Gasteiger partial charge is 0.191 e. The van der Waals surface area contributed by atoms with Crippen LogP contribution in [0.5, 0.6) is 11.5 Å². The molecule has 1 aliphatic rings. The van der Waals surface area contributed by atoms with Gasteiger partial charge in [0.1, 0.15) is 23.4 Å². The molecule has 0 aromatic heterocycles. The standard InChI is InChI=1S/C23H30FN3O3.HI/c1-5-29-21-10-17-8-15(2)30-22(17)11-18(21)13-27-23(25-3)26-12-16-6-7-20(24)19(9-16)14-28-4;/h6-7,9-11,15H,5,8,12-14H2,1-4H3,(H2,25,26,27);1H. The maximum atomic E-state index is 13.8. The highest BCUT2D eigenvalue weighted by molar-refractivity contribution is 14.0. The number of aliphatic imine (C=N–C) groups is 1. The fourth-order valence-corrected chi connectivity index (χ4v) is 3.50. The Balaban J connectivity index is 0.00000341. The van der Waals surface area contributed by atoms with Crippen molar-refractivity contribution in [1.82, 2.24) is 10.6 Å². The number of methoxy groups -OCH3 is 1. The molecule has 2 N–H and O–H groups in total. The lowest BCUT2D eigenvalue weighted by atomic mass is 10.1. The molecular weight excluding hydrogens is 512 g/mol. The van der Waals surface area contributed by atoms with Crippen LogP contribution in [0.4, 0.5) is 4.39 Å². The first-order valence-electron chi connectivity index (χ1n) is 10.2. The number of hydrogen-bond acceptors (Lipinski definition) is 4. The Morgan fingerprint density at radius 2 is 1.97 bits per heavy atom. The van der Waals surface area contributed by atoms with Crippen LogP contribution in [0.2, 0.25) is 0 Å². The zero-order valence-electron chi connectivity index (χ0n) is 18.5. The van der Waals surface area contributed by atoms with E-state index in [9.17, 15) is 4.39 Å². The van der Waals surface area contributed by atoms with Gasteiger partial charge in [0.2, 0.25) is 0 Å². The maximum absolute atomic E-state index is 13.8. The summed E-state index contributed by atoms with van der Waals surface area (Å²) in [5, 5.41) is 6.57. The molecule has 31 heavy (non-hydrogen) atoms. The van der Waals surface area contributed by atoms with Crippen molar-refractivity contribution in [3.05, 3.63) is 58.4 Å². The number of hydrogen-bond donors (Lipinski definition) is 2. The molecule has 1 aliphatic heterocycles. The van der Waals surface area contributed by atoms with E-state index in [1.165, 1.54) is 11.6 Å². The molecule has 8 heteroatoms. The zero-order valence-corrected chi connectivity index (χ0v) is 20.8. The summed E-state index contributed by atoms with van der Waals surface area (Å²) in [5.74, 6) is 2.16. The summed E-state index contributed by atoms with van der Waals surface area (Å²) in [5.41, 5.74) is 3.67. The predicted octanol–water partition coefficient (Wildman–Crippen LogP) is 4.18. The summed E-state index contributed by atoms with van der Waals surface area (Å²) in [6.45, 7) is 5.94. The molecule has 2 aromatic carbocycles. The first kappa shape index (κ1) is 25.2. The quantitative estimate of drug-likeness (QED) is 0.297. The molecule has 1 unspecified atom stereocenters. The monoisotopic (exact) mass is 543 g/mol. The fraction of sp³-hybridized carbons (Fsp3) is 0.435. The molecule has 0 aliphatic carbocycles. The number of guanidine groups is 1. The van der Waals surface area contributed by atoms with E-state index >= 15 is 0 Å². The van der Waals surface area contributed by atoms with Gasteiger partial charge >= 0.3 is 0 Å². The highest BCUT2D eigenvalue weighted by Crippen LogP contribution is 2.35. The summed E-state index contributed by atoms with van der Waals surface area (Å²) in [4.78, 5) is 4.28. The van der Waals surface area contributed by atoms with Crippen LogP contribution < -0.4 is 20.1 Å². The van der Waals surface area contributed by atoms with E-state index in [-0.39, 0.29) is 42.5 Å². The Bertz CT molecular complexity index is 908. The van der Waals surface area contributed by atoms with Crippen LogP contribution in [0.3, 0.4) is 0 Å². The minimum atomic E-state index is -0.264. The van der Waals surface area contributed by atoms with Crippen molar-refractivity contribution < 1.29 is 18.6 Å². The minimum Gasteiger partial charge on any atom is -0.494 e. The summed E-state index contributed by atoms with van der Waals surface area (Å²) in [6.07, 6.45) is 1.08. The van der Waals surface area contributed by atoms with Gasteiger partial charge in [-0.25, -0.2) is 4.39 Å². The molecule has 0 bridgehead atoms. The van der Waals surface area contributed by atoms with Crippen molar-refractivity contribution >= 4 is 29.9 Å². The summed E-state index contributed by atoms with van der Waals surface area (Å²) in [6, 6.07) is 9.13. The molecule has 0 saturated heterocycles. The number of ether oxygens (including phenoxy) is 3. The molecule has 2 aromatic rings. The van der Waals surface area contributed by atoms with Gasteiger partial charge in [0.25, 0.3) is 0 Å². The second-order valence-electron chi connectivity index (χ2n) is 7.27. The van der Waals surface area contributed by atoms with Crippen molar-refractivity contribution in [3.8, 4) is 11.5 Å². The average Bonchev–Trinajstić information content (AvgIpc) is 3.09. The second kappa shape index (κ2) is 12.1. The van der Waals surface area contributed by atoms with Crippen LogP contribution in [0.1, 0.15) is 36.1 Å². The van der Waals surface area contributed by atoms with Gasteiger partial charge in [0, 0.05) is 50.4 Å². The molecule has 1 atom stereocenters. The van der Waals surface area contributed by atoms with Crippen molar-refractivity contribution in [2.75, 3.05) is 20.8 Å². The predicted molar refractivity (Wildman–Crippen MR) is 131 cm³/mol. The number of rotatable bonds is 8. The highest BCUT2D eigenvalue weighted by Gasteiger charge is 2.22. The van der Waals surface area contributed by atoms with Crippen LogP contribution in [0.25, 0.3) is 0 Å². The molecule has 0 radical (unpaired) electrons. The normalized spacial score (nSPS) is 15.0. The lowest BCUT2D eigenvalue weighted by molar-refractivity contribution is 0.181. The lowest BCUT2D eigenvalue weighted by Crippen LogP contribution is -2.36. The van der Waals surface area contributed by atoms with Gasteiger partial charge in [-0.15, -0.1) is 24.0 Å². The Morgan fingerprint density at radius 1 is 1.19 bits per heavy atom. The Labute approximate surface area is 200 Å². The van der Waals surface area contributed by atoms with Gasteiger partial charge in [0.05, 0.1) is 13.2 Å². The van der Waals surface area contributed by atoms with Crippen LogP contribution in [0.15, 0.2) is 35.3 Å². The zero-order chi connectivity index (χ0) is 21.5. The number of nitrogens with zero attached hydrogens (tertiary/aromatic N) is 1. The van der Waals surface area contributed by atoms with Crippen molar-refractivity contribution in [2.24, 2.45) is 4.99 Å². The summed E-state index contributed by atoms with van der Waals surface area (Å²) >= 11 is 0. The van der Waals surface area contributed by atoms with Gasteiger partial charge in [-0.1, -0.05) is 6.07 Å². The molecule has 0 saturated carbocycles. The Hall–Kier alpha value is -2.07. The number of fused-ring (bicyclic) bond motifs is 1. The molecule has 6 nitrogen and oxygen atoms in total. The van der Waals surface area contributed by atoms with Gasteiger partial charge < -0.3 is 24.8 Å². The van der Waals surface area contributed by atoms with E-state index in [0.29, 0.717) is 31.2 Å². The SMILES string of the molecule is CCOc1cc2c(cc1CNC(=NC)NCc1ccc(F)c(COC)c1)OC(C)C2.I. The van der Waals surface area contributed by atoms with Crippen molar-refractivity contribution in [2.45, 2.75) is 46.1 Å². The number of halogens is 2. The minimum absolute atomic E-state index is 0. The van der Waals surface area contributed by atoms with E-state index in [0.717, 1.165) is 29.0 Å². The van der Waals surface area contributed by atoms with Crippen LogP contribution in [-0.2, 0) is 30.9 Å². The molecule has 0 amide bonds. The van der Waals surface area contributed by atoms with Crippen molar-refractivity contribution in [1.29, 1.82) is 0 Å². The Morgan fingerprint density at radius 3 is 2.68 bits per heavy atom. The first-order chi connectivity index (χ1) is 14.5. The molecule has 170 valence electrons. The molecule has 0 spiro atoms. The largest absolute Gasteiger partial charge is 0.494 e. The summed E-state index contributed by atoms with van der Waals surface area (Å²) < 4.78 is 30.6. The molecule has 1 heterocycles. The molecular formula is C23H31FIN3O3. The third kappa shape index (κ3) is 6.70. The fourth-order valence-electron chi connectivity index (χ4n) is 3.50.